The van der Waals surface area contributed by atoms with Crippen LogP contribution in [0.25, 0.3) is 0 Å². The molecule has 4 heteroatoms. The quantitative estimate of drug-likeness (QED) is 0.502. The van der Waals surface area contributed by atoms with Crippen LogP contribution < -0.4 is 0 Å². The van der Waals surface area contributed by atoms with E-state index >= 15 is 0 Å². The Morgan fingerprint density at radius 2 is 2.41 bits per heavy atom. The van der Waals surface area contributed by atoms with Gasteiger partial charge < -0.3 is 4.74 Å². The maximum absolute atomic E-state index is 5.91. The molecular weight excluding hydrogens is 236 g/mol. The van der Waals surface area contributed by atoms with E-state index < -0.39 is 0 Å². The lowest BCUT2D eigenvalue weighted by Gasteiger charge is -2.23. The van der Waals surface area contributed by atoms with Gasteiger partial charge in [0.15, 0.2) is 6.23 Å². The van der Waals surface area contributed by atoms with Crippen molar-refractivity contribution in [1.82, 2.24) is 0 Å². The van der Waals surface area contributed by atoms with Crippen molar-refractivity contribution in [2.45, 2.75) is 58.3 Å². The first-order valence-electron chi connectivity index (χ1n) is 6.18. The van der Waals surface area contributed by atoms with E-state index in [9.17, 15) is 0 Å². The second-order valence-electron chi connectivity index (χ2n) is 4.40. The number of halogens is 1. The zero-order valence-corrected chi connectivity index (χ0v) is 11.4. The van der Waals surface area contributed by atoms with Gasteiger partial charge in [0.25, 0.3) is 0 Å². The molecule has 0 fully saturated rings. The Labute approximate surface area is 109 Å². The number of hydrogen-bond donors (Lipinski definition) is 0. The van der Waals surface area contributed by atoms with Crippen molar-refractivity contribution >= 4 is 23.1 Å². The van der Waals surface area contributed by atoms with Crippen LogP contribution in [-0.4, -0.2) is 23.8 Å². The third-order valence-electron chi connectivity index (χ3n) is 2.71. The van der Waals surface area contributed by atoms with E-state index in [-0.39, 0.29) is 12.3 Å². The summed E-state index contributed by atoms with van der Waals surface area (Å²) in [6, 6.07) is 0. The van der Waals surface area contributed by atoms with Crippen LogP contribution in [0.5, 0.6) is 0 Å². The standard InChI is InChI=1S/C13H21ClN2O/c1-4-5-6-7-11(10(2)3)17-13-8-12(14)15-9-16-13/h9,11,13H,2,4-8H2,1,3H3. The highest BCUT2D eigenvalue weighted by atomic mass is 35.5. The average molecular weight is 257 g/mol. The molecule has 1 heterocycles. The Bertz CT molecular complexity index is 313. The minimum atomic E-state index is -0.205. The van der Waals surface area contributed by atoms with Crippen molar-refractivity contribution < 1.29 is 4.74 Å². The molecule has 2 atom stereocenters. The Balaban J connectivity index is 2.41. The van der Waals surface area contributed by atoms with Gasteiger partial charge in [-0.25, -0.2) is 9.98 Å². The minimum absolute atomic E-state index is 0.0752. The Morgan fingerprint density at radius 3 is 3.00 bits per heavy atom. The van der Waals surface area contributed by atoms with Crippen LogP contribution in [-0.2, 0) is 4.74 Å². The average Bonchev–Trinajstić information content (AvgIpc) is 2.28. The molecule has 0 N–H and O–H groups in total. The van der Waals surface area contributed by atoms with Crippen LogP contribution in [0.2, 0.25) is 0 Å². The monoisotopic (exact) mass is 256 g/mol. The molecule has 1 aliphatic rings. The van der Waals surface area contributed by atoms with Gasteiger partial charge in [0.2, 0.25) is 0 Å². The third kappa shape index (κ3) is 5.46. The molecule has 96 valence electrons. The largest absolute Gasteiger partial charge is 0.349 e. The zero-order chi connectivity index (χ0) is 12.7. The van der Waals surface area contributed by atoms with Gasteiger partial charge in [-0.3, -0.25) is 0 Å². The van der Waals surface area contributed by atoms with Gasteiger partial charge in [0.05, 0.1) is 6.10 Å². The Kier molecular flexibility index (Phi) is 6.45. The summed E-state index contributed by atoms with van der Waals surface area (Å²) in [6.45, 7) is 8.17. The van der Waals surface area contributed by atoms with Gasteiger partial charge in [0, 0.05) is 6.42 Å². The maximum Gasteiger partial charge on any atom is 0.157 e. The molecule has 0 aromatic rings. The van der Waals surface area contributed by atoms with Gasteiger partial charge >= 0.3 is 0 Å². The van der Waals surface area contributed by atoms with Crippen LogP contribution in [0.15, 0.2) is 22.1 Å². The highest BCUT2D eigenvalue weighted by Gasteiger charge is 2.19. The lowest BCUT2D eigenvalue weighted by molar-refractivity contribution is 0.0117. The van der Waals surface area contributed by atoms with Gasteiger partial charge in [-0.1, -0.05) is 49.9 Å². The topological polar surface area (TPSA) is 34.0 Å². The summed E-state index contributed by atoms with van der Waals surface area (Å²) in [4.78, 5) is 8.07. The molecule has 0 aliphatic carbocycles. The lowest BCUT2D eigenvalue weighted by atomic mass is 10.1. The molecule has 0 saturated heterocycles. The van der Waals surface area contributed by atoms with E-state index in [2.05, 4.69) is 23.5 Å². The first kappa shape index (κ1) is 14.4. The zero-order valence-electron chi connectivity index (χ0n) is 10.7. The summed E-state index contributed by atoms with van der Waals surface area (Å²) in [7, 11) is 0. The maximum atomic E-state index is 5.91. The molecule has 1 rings (SSSR count). The first-order chi connectivity index (χ1) is 8.13. The van der Waals surface area contributed by atoms with Gasteiger partial charge in [-0.05, 0) is 13.3 Å². The SMILES string of the molecule is C=C(C)C(CCCCC)OC1CC(Cl)=NC=N1. The summed E-state index contributed by atoms with van der Waals surface area (Å²) in [5.74, 6) is 0. The van der Waals surface area contributed by atoms with Gasteiger partial charge in [-0.2, -0.15) is 0 Å². The number of ether oxygens (including phenoxy) is 1. The van der Waals surface area contributed by atoms with Crippen LogP contribution in [0, 0.1) is 0 Å². The van der Waals surface area contributed by atoms with E-state index in [1.807, 2.05) is 6.92 Å². The van der Waals surface area contributed by atoms with Crippen molar-refractivity contribution in [2.24, 2.45) is 9.98 Å². The molecule has 0 aromatic heterocycles. The Morgan fingerprint density at radius 1 is 1.65 bits per heavy atom. The fourth-order valence-corrected chi connectivity index (χ4v) is 1.88. The van der Waals surface area contributed by atoms with Crippen molar-refractivity contribution in [2.75, 3.05) is 0 Å². The fraction of sp³-hybridized carbons (Fsp3) is 0.692. The summed E-state index contributed by atoms with van der Waals surface area (Å²) in [5, 5.41) is 0.555. The lowest BCUT2D eigenvalue weighted by Crippen LogP contribution is -2.24. The van der Waals surface area contributed by atoms with E-state index in [0.717, 1.165) is 18.4 Å². The van der Waals surface area contributed by atoms with Crippen molar-refractivity contribution in [3.8, 4) is 0 Å². The van der Waals surface area contributed by atoms with E-state index in [0.29, 0.717) is 11.6 Å². The van der Waals surface area contributed by atoms with E-state index in [1.165, 1.54) is 19.2 Å². The van der Waals surface area contributed by atoms with Crippen LogP contribution in [0.4, 0.5) is 0 Å². The summed E-state index contributed by atoms with van der Waals surface area (Å²) < 4.78 is 5.91. The molecule has 3 nitrogen and oxygen atoms in total. The molecule has 0 radical (unpaired) electrons. The molecule has 0 aromatic carbocycles. The number of unbranched alkanes of at least 4 members (excludes halogenated alkanes) is 2. The number of nitrogens with zero attached hydrogens (tertiary/aromatic N) is 2. The second-order valence-corrected chi connectivity index (χ2v) is 4.83. The molecule has 0 bridgehead atoms. The summed E-state index contributed by atoms with van der Waals surface area (Å²) >= 11 is 5.86. The molecule has 0 amide bonds. The van der Waals surface area contributed by atoms with Crippen molar-refractivity contribution in [3.05, 3.63) is 12.2 Å². The number of aliphatic imine (C=N–C) groups is 2. The van der Waals surface area contributed by atoms with Gasteiger partial charge in [0.1, 0.15) is 11.5 Å². The summed E-state index contributed by atoms with van der Waals surface area (Å²) in [6.07, 6.45) is 6.51. The third-order valence-corrected chi connectivity index (χ3v) is 2.97. The van der Waals surface area contributed by atoms with E-state index in [1.54, 1.807) is 0 Å². The molecule has 0 spiro atoms. The molecule has 1 aliphatic heterocycles. The van der Waals surface area contributed by atoms with Crippen LogP contribution >= 0.6 is 11.6 Å². The molecule has 2 unspecified atom stereocenters. The highest BCUT2D eigenvalue weighted by Crippen LogP contribution is 2.19. The molecule has 17 heavy (non-hydrogen) atoms. The van der Waals surface area contributed by atoms with Crippen LogP contribution in [0.3, 0.4) is 0 Å². The number of hydrogen-bond acceptors (Lipinski definition) is 3. The first-order valence-corrected chi connectivity index (χ1v) is 6.56. The smallest absolute Gasteiger partial charge is 0.157 e. The minimum Gasteiger partial charge on any atom is -0.349 e. The normalized spacial score (nSPS) is 21.1. The highest BCUT2D eigenvalue weighted by molar-refractivity contribution is 6.66. The molecule has 0 saturated carbocycles. The summed E-state index contributed by atoms with van der Waals surface area (Å²) in [5.41, 5.74) is 1.05. The van der Waals surface area contributed by atoms with Gasteiger partial charge in [-0.15, -0.1) is 0 Å². The fourth-order valence-electron chi connectivity index (χ4n) is 1.70. The van der Waals surface area contributed by atoms with E-state index in [4.69, 9.17) is 16.3 Å². The number of rotatable bonds is 7. The molecular formula is C13H21ClN2O. The van der Waals surface area contributed by atoms with Crippen LogP contribution in [0.1, 0.15) is 46.0 Å². The second kappa shape index (κ2) is 7.62. The predicted octanol–water partition coefficient (Wildman–Crippen LogP) is 3.92. The van der Waals surface area contributed by atoms with Crippen molar-refractivity contribution in [1.29, 1.82) is 0 Å². The predicted molar refractivity (Wildman–Crippen MR) is 74.0 cm³/mol. The van der Waals surface area contributed by atoms with Crippen molar-refractivity contribution in [3.63, 3.8) is 0 Å². The Hall–Kier alpha value is -0.670.